The van der Waals surface area contributed by atoms with Gasteiger partial charge in [-0.1, -0.05) is 12.1 Å². The summed E-state index contributed by atoms with van der Waals surface area (Å²) in [5.74, 6) is -0.128. The zero-order chi connectivity index (χ0) is 15.4. The summed E-state index contributed by atoms with van der Waals surface area (Å²) in [6.07, 6.45) is 5.77. The van der Waals surface area contributed by atoms with Crippen LogP contribution in [0.5, 0.6) is 0 Å². The molecule has 1 heterocycles. The van der Waals surface area contributed by atoms with E-state index in [-0.39, 0.29) is 11.8 Å². The quantitative estimate of drug-likeness (QED) is 0.753. The number of carbonyl (C=O) groups excluding carboxylic acids is 2. The lowest BCUT2D eigenvalue weighted by Crippen LogP contribution is -2.27. The molecule has 1 aliphatic heterocycles. The molecule has 22 heavy (non-hydrogen) atoms. The van der Waals surface area contributed by atoms with Crippen molar-refractivity contribution in [3.63, 3.8) is 0 Å². The number of nitrogens with one attached hydrogen (secondary N) is 3. The molecule has 1 saturated heterocycles. The van der Waals surface area contributed by atoms with Gasteiger partial charge in [-0.2, -0.15) is 0 Å². The second-order valence-corrected chi connectivity index (χ2v) is 6.17. The highest BCUT2D eigenvalue weighted by molar-refractivity contribution is 6.03. The second kappa shape index (κ2) is 6.92. The van der Waals surface area contributed by atoms with Crippen LogP contribution in [0.1, 0.15) is 48.9 Å². The van der Waals surface area contributed by atoms with Gasteiger partial charge in [0.1, 0.15) is 0 Å². The molecule has 2 fully saturated rings. The Balaban J connectivity index is 1.56. The summed E-state index contributed by atoms with van der Waals surface area (Å²) < 4.78 is 0. The number of anilines is 1. The third-order valence-electron chi connectivity index (χ3n) is 4.24. The fourth-order valence-electron chi connectivity index (χ4n) is 2.80. The smallest absolute Gasteiger partial charge is 0.253 e. The summed E-state index contributed by atoms with van der Waals surface area (Å²) in [6, 6.07) is 7.96. The lowest BCUT2D eigenvalue weighted by molar-refractivity contribution is -0.116. The maximum Gasteiger partial charge on any atom is 0.253 e. The summed E-state index contributed by atoms with van der Waals surface area (Å²) in [4.78, 5) is 24.3. The molecule has 0 spiro atoms. The van der Waals surface area contributed by atoms with E-state index < -0.39 is 0 Å². The summed E-state index contributed by atoms with van der Waals surface area (Å²) in [7, 11) is 0. The van der Waals surface area contributed by atoms with Crippen LogP contribution in [0.2, 0.25) is 0 Å². The first kappa shape index (κ1) is 15.0. The molecule has 0 aromatic heterocycles. The van der Waals surface area contributed by atoms with Gasteiger partial charge in [-0.25, -0.2) is 0 Å². The fourth-order valence-corrected chi connectivity index (χ4v) is 2.80. The molecule has 1 saturated carbocycles. The Kier molecular flexibility index (Phi) is 4.73. The lowest BCUT2D eigenvalue weighted by atomic mass is 10.1. The number of para-hydroxylation sites is 1. The van der Waals surface area contributed by atoms with Gasteiger partial charge < -0.3 is 16.0 Å². The molecule has 0 radical (unpaired) electrons. The van der Waals surface area contributed by atoms with E-state index in [2.05, 4.69) is 16.0 Å². The van der Waals surface area contributed by atoms with E-state index in [1.807, 2.05) is 12.1 Å². The van der Waals surface area contributed by atoms with E-state index in [4.69, 9.17) is 0 Å². The minimum absolute atomic E-state index is 0.0274. The molecule has 1 aromatic carbocycles. The van der Waals surface area contributed by atoms with Crippen LogP contribution in [0.15, 0.2) is 24.3 Å². The molecule has 2 amide bonds. The maximum atomic E-state index is 12.2. The van der Waals surface area contributed by atoms with Gasteiger partial charge in [0, 0.05) is 18.5 Å². The van der Waals surface area contributed by atoms with Crippen LogP contribution in [-0.2, 0) is 4.79 Å². The third kappa shape index (κ3) is 4.07. The molecular formula is C17H23N3O2. The number of amides is 2. The number of rotatable bonds is 6. The average Bonchev–Trinajstić information content (AvgIpc) is 3.17. The summed E-state index contributed by atoms with van der Waals surface area (Å²) in [6.45, 7) is 1.05. The van der Waals surface area contributed by atoms with Crippen LogP contribution in [0.25, 0.3) is 0 Å². The van der Waals surface area contributed by atoms with E-state index in [0.717, 1.165) is 32.2 Å². The summed E-state index contributed by atoms with van der Waals surface area (Å²) >= 11 is 0. The van der Waals surface area contributed by atoms with Gasteiger partial charge in [-0.3, -0.25) is 9.59 Å². The highest BCUT2D eigenvalue weighted by atomic mass is 16.2. The van der Waals surface area contributed by atoms with Crippen LogP contribution in [0.4, 0.5) is 5.69 Å². The molecule has 1 aliphatic carbocycles. The minimum atomic E-state index is -0.101. The van der Waals surface area contributed by atoms with Crippen molar-refractivity contribution in [3.05, 3.63) is 29.8 Å². The number of hydrogen-bond acceptors (Lipinski definition) is 3. The Morgan fingerprint density at radius 3 is 2.73 bits per heavy atom. The third-order valence-corrected chi connectivity index (χ3v) is 4.24. The van der Waals surface area contributed by atoms with Crippen LogP contribution in [0.3, 0.4) is 0 Å². The second-order valence-electron chi connectivity index (χ2n) is 6.17. The molecule has 1 atom stereocenters. The first-order valence-corrected chi connectivity index (χ1v) is 8.15. The number of carbonyl (C=O) groups is 2. The van der Waals surface area contributed by atoms with E-state index in [9.17, 15) is 9.59 Å². The normalized spacial score (nSPS) is 20.6. The van der Waals surface area contributed by atoms with Crippen molar-refractivity contribution in [2.75, 3.05) is 11.9 Å². The molecule has 5 nitrogen and oxygen atoms in total. The molecule has 1 unspecified atom stereocenters. The van der Waals surface area contributed by atoms with Crippen molar-refractivity contribution in [1.82, 2.24) is 10.6 Å². The van der Waals surface area contributed by atoms with Gasteiger partial charge in [0.15, 0.2) is 0 Å². The van der Waals surface area contributed by atoms with Crippen molar-refractivity contribution in [1.29, 1.82) is 0 Å². The highest BCUT2D eigenvalue weighted by Crippen LogP contribution is 2.22. The Labute approximate surface area is 130 Å². The van der Waals surface area contributed by atoms with Crippen molar-refractivity contribution in [3.8, 4) is 0 Å². The van der Waals surface area contributed by atoms with Crippen molar-refractivity contribution in [2.24, 2.45) is 0 Å². The molecule has 0 bridgehead atoms. The molecule has 3 rings (SSSR count). The SMILES string of the molecule is O=C(CCC1CCCN1)Nc1ccccc1C(=O)NC1CC1. The van der Waals surface area contributed by atoms with Crippen molar-refractivity contribution < 1.29 is 9.59 Å². The van der Waals surface area contributed by atoms with E-state index in [1.54, 1.807) is 12.1 Å². The van der Waals surface area contributed by atoms with Crippen LogP contribution < -0.4 is 16.0 Å². The first-order valence-electron chi connectivity index (χ1n) is 8.15. The predicted octanol–water partition coefficient (Wildman–Crippen LogP) is 2.05. The first-order chi connectivity index (χ1) is 10.7. The zero-order valence-corrected chi connectivity index (χ0v) is 12.7. The van der Waals surface area contributed by atoms with Gasteiger partial charge in [0.25, 0.3) is 5.91 Å². The average molecular weight is 301 g/mol. The molecule has 2 aliphatic rings. The molecule has 5 heteroatoms. The maximum absolute atomic E-state index is 12.2. The Hall–Kier alpha value is -1.88. The minimum Gasteiger partial charge on any atom is -0.349 e. The Bertz CT molecular complexity index is 549. The molecule has 1 aromatic rings. The van der Waals surface area contributed by atoms with Gasteiger partial charge >= 0.3 is 0 Å². The Morgan fingerprint density at radius 2 is 2.00 bits per heavy atom. The van der Waals surface area contributed by atoms with Crippen LogP contribution >= 0.6 is 0 Å². The highest BCUT2D eigenvalue weighted by Gasteiger charge is 2.25. The van der Waals surface area contributed by atoms with Crippen LogP contribution in [0, 0.1) is 0 Å². The van der Waals surface area contributed by atoms with Gasteiger partial charge in [-0.15, -0.1) is 0 Å². The van der Waals surface area contributed by atoms with Gasteiger partial charge in [0.05, 0.1) is 11.3 Å². The Morgan fingerprint density at radius 1 is 1.18 bits per heavy atom. The van der Waals surface area contributed by atoms with Gasteiger partial charge in [-0.05, 0) is 50.8 Å². The number of benzene rings is 1. The topological polar surface area (TPSA) is 70.2 Å². The van der Waals surface area contributed by atoms with E-state index in [0.29, 0.717) is 29.8 Å². The fraction of sp³-hybridized carbons (Fsp3) is 0.529. The van der Waals surface area contributed by atoms with Crippen molar-refractivity contribution >= 4 is 17.5 Å². The van der Waals surface area contributed by atoms with Gasteiger partial charge in [0.2, 0.25) is 5.91 Å². The predicted molar refractivity (Wildman–Crippen MR) is 85.8 cm³/mol. The summed E-state index contributed by atoms with van der Waals surface area (Å²) in [5, 5.41) is 9.23. The zero-order valence-electron chi connectivity index (χ0n) is 12.7. The number of hydrogen-bond donors (Lipinski definition) is 3. The molecule has 3 N–H and O–H groups in total. The molecular weight excluding hydrogens is 278 g/mol. The van der Waals surface area contributed by atoms with E-state index in [1.165, 1.54) is 6.42 Å². The van der Waals surface area contributed by atoms with Crippen molar-refractivity contribution in [2.45, 2.75) is 50.6 Å². The molecule has 118 valence electrons. The largest absolute Gasteiger partial charge is 0.349 e. The van der Waals surface area contributed by atoms with E-state index >= 15 is 0 Å². The van der Waals surface area contributed by atoms with Crippen LogP contribution in [-0.4, -0.2) is 30.4 Å². The standard InChI is InChI=1S/C17H23N3O2/c21-16(10-9-12-4-3-11-18-12)20-15-6-2-1-5-14(15)17(22)19-13-7-8-13/h1-2,5-6,12-13,18H,3-4,7-11H2,(H,19,22)(H,20,21). The summed E-state index contributed by atoms with van der Waals surface area (Å²) in [5.41, 5.74) is 1.15. The monoisotopic (exact) mass is 301 g/mol. The lowest BCUT2D eigenvalue weighted by Gasteiger charge is -2.12.